The van der Waals surface area contributed by atoms with E-state index in [4.69, 9.17) is 16.0 Å². The Morgan fingerprint density at radius 2 is 2.00 bits per heavy atom. The van der Waals surface area contributed by atoms with Crippen molar-refractivity contribution in [3.8, 4) is 11.4 Å². The summed E-state index contributed by atoms with van der Waals surface area (Å²) in [6, 6.07) is 7.30. The average molecular weight is 371 g/mol. The maximum atomic E-state index is 12.6. The third-order valence-corrected chi connectivity index (χ3v) is 4.89. The molecule has 0 amide bonds. The second-order valence-electron chi connectivity index (χ2n) is 6.54. The number of oxazole rings is 1. The number of aromatic nitrogens is 3. The quantitative estimate of drug-likeness (QED) is 0.766. The average Bonchev–Trinajstić information content (AvgIpc) is 2.93. The number of nitrogens with one attached hydrogen (secondary N) is 1. The number of hydrogen-bond acceptors (Lipinski definition) is 5. The summed E-state index contributed by atoms with van der Waals surface area (Å²) in [5, 5.41) is 0.656. The predicted octanol–water partition coefficient (Wildman–Crippen LogP) is 3.25. The van der Waals surface area contributed by atoms with Crippen LogP contribution in [0.3, 0.4) is 0 Å². The molecular formula is C19H19ClN4O2. The zero-order valence-electron chi connectivity index (χ0n) is 14.7. The van der Waals surface area contributed by atoms with Crippen molar-refractivity contribution in [3.05, 3.63) is 68.2 Å². The zero-order chi connectivity index (χ0) is 18.3. The van der Waals surface area contributed by atoms with E-state index in [1.54, 1.807) is 12.1 Å². The predicted molar refractivity (Wildman–Crippen MR) is 99.1 cm³/mol. The van der Waals surface area contributed by atoms with E-state index < -0.39 is 0 Å². The Morgan fingerprint density at radius 3 is 2.69 bits per heavy atom. The van der Waals surface area contributed by atoms with Crippen LogP contribution in [0.25, 0.3) is 11.4 Å². The molecule has 0 bridgehead atoms. The molecule has 0 fully saturated rings. The molecule has 0 saturated heterocycles. The number of fused-ring (bicyclic) bond motifs is 1. The minimum absolute atomic E-state index is 0.0855. The highest BCUT2D eigenvalue weighted by Gasteiger charge is 2.23. The molecule has 0 unspecified atom stereocenters. The summed E-state index contributed by atoms with van der Waals surface area (Å²) in [7, 11) is 0. The van der Waals surface area contributed by atoms with Gasteiger partial charge in [0.25, 0.3) is 5.56 Å². The molecule has 134 valence electrons. The molecule has 26 heavy (non-hydrogen) atoms. The molecule has 1 aromatic carbocycles. The van der Waals surface area contributed by atoms with Crippen molar-refractivity contribution >= 4 is 11.6 Å². The van der Waals surface area contributed by atoms with Crippen LogP contribution in [0.1, 0.15) is 28.6 Å². The van der Waals surface area contributed by atoms with Crippen molar-refractivity contribution in [2.45, 2.75) is 33.4 Å². The van der Waals surface area contributed by atoms with Gasteiger partial charge in [-0.1, -0.05) is 11.6 Å². The van der Waals surface area contributed by atoms with E-state index in [1.165, 1.54) is 0 Å². The van der Waals surface area contributed by atoms with E-state index in [1.807, 2.05) is 26.0 Å². The SMILES string of the molecule is Cc1nc(CN2CCc3nc(-c4ccc(Cl)cc4)[nH]c(=O)c3C2)c(C)o1. The number of aryl methyl sites for hydroxylation is 2. The van der Waals surface area contributed by atoms with Gasteiger partial charge in [-0.3, -0.25) is 9.69 Å². The van der Waals surface area contributed by atoms with Gasteiger partial charge in [-0.15, -0.1) is 0 Å². The number of benzene rings is 1. The standard InChI is InChI=1S/C19H19ClN4O2/c1-11-17(21-12(2)26-11)10-24-8-7-16-15(9-24)19(25)23-18(22-16)13-3-5-14(20)6-4-13/h3-6H,7-10H2,1-2H3,(H,22,23,25). The Bertz CT molecular complexity index is 1010. The van der Waals surface area contributed by atoms with Gasteiger partial charge in [0.2, 0.25) is 0 Å². The van der Waals surface area contributed by atoms with Crippen LogP contribution in [0.5, 0.6) is 0 Å². The molecule has 3 aromatic rings. The Labute approximate surface area is 155 Å². The van der Waals surface area contributed by atoms with Crippen LogP contribution in [0.15, 0.2) is 33.5 Å². The van der Waals surface area contributed by atoms with E-state index in [9.17, 15) is 4.79 Å². The van der Waals surface area contributed by atoms with Crippen molar-refractivity contribution in [1.29, 1.82) is 0 Å². The third-order valence-electron chi connectivity index (χ3n) is 4.64. The summed E-state index contributed by atoms with van der Waals surface area (Å²) in [6.45, 7) is 5.81. The van der Waals surface area contributed by atoms with Crippen LogP contribution >= 0.6 is 11.6 Å². The molecule has 4 rings (SSSR count). The molecule has 3 heterocycles. The highest BCUT2D eigenvalue weighted by molar-refractivity contribution is 6.30. The van der Waals surface area contributed by atoms with Crippen molar-refractivity contribution in [1.82, 2.24) is 19.9 Å². The van der Waals surface area contributed by atoms with Gasteiger partial charge in [0.05, 0.1) is 17.0 Å². The molecule has 0 atom stereocenters. The van der Waals surface area contributed by atoms with Crippen molar-refractivity contribution in [2.75, 3.05) is 6.54 Å². The molecular weight excluding hydrogens is 352 g/mol. The maximum absolute atomic E-state index is 12.6. The summed E-state index contributed by atoms with van der Waals surface area (Å²) >= 11 is 5.93. The molecule has 0 saturated carbocycles. The molecule has 0 aliphatic carbocycles. The van der Waals surface area contributed by atoms with Gasteiger partial charge in [0, 0.05) is 43.6 Å². The number of H-pyrrole nitrogens is 1. The Hall–Kier alpha value is -2.44. The minimum atomic E-state index is -0.0855. The number of aromatic amines is 1. The van der Waals surface area contributed by atoms with Crippen LogP contribution in [0, 0.1) is 13.8 Å². The number of hydrogen-bond donors (Lipinski definition) is 1. The molecule has 2 aromatic heterocycles. The first-order valence-electron chi connectivity index (χ1n) is 8.53. The van der Waals surface area contributed by atoms with Gasteiger partial charge in [-0.2, -0.15) is 0 Å². The molecule has 7 heteroatoms. The summed E-state index contributed by atoms with van der Waals surface area (Å²) in [4.78, 5) is 26.8. The molecule has 6 nitrogen and oxygen atoms in total. The molecule has 1 aliphatic heterocycles. The number of halogens is 1. The minimum Gasteiger partial charge on any atom is -0.446 e. The molecule has 0 spiro atoms. The normalized spacial score (nSPS) is 14.4. The first kappa shape index (κ1) is 17.0. The topological polar surface area (TPSA) is 75.0 Å². The van der Waals surface area contributed by atoms with Crippen LogP contribution in [0.2, 0.25) is 5.02 Å². The van der Waals surface area contributed by atoms with Crippen molar-refractivity contribution in [2.24, 2.45) is 0 Å². The largest absolute Gasteiger partial charge is 0.446 e. The Kier molecular flexibility index (Phi) is 4.38. The highest BCUT2D eigenvalue weighted by atomic mass is 35.5. The van der Waals surface area contributed by atoms with Gasteiger partial charge in [-0.25, -0.2) is 9.97 Å². The number of nitrogens with zero attached hydrogens (tertiary/aromatic N) is 3. The van der Waals surface area contributed by atoms with E-state index in [2.05, 4.69) is 19.9 Å². The lowest BCUT2D eigenvalue weighted by Crippen LogP contribution is -2.35. The van der Waals surface area contributed by atoms with E-state index >= 15 is 0 Å². The highest BCUT2D eigenvalue weighted by Crippen LogP contribution is 2.22. The maximum Gasteiger partial charge on any atom is 0.255 e. The second-order valence-corrected chi connectivity index (χ2v) is 6.98. The molecule has 1 N–H and O–H groups in total. The fraction of sp³-hybridized carbons (Fsp3) is 0.316. The van der Waals surface area contributed by atoms with E-state index in [0.717, 1.165) is 41.2 Å². The van der Waals surface area contributed by atoms with Crippen LogP contribution in [0.4, 0.5) is 0 Å². The van der Waals surface area contributed by atoms with Gasteiger partial charge < -0.3 is 9.40 Å². The lowest BCUT2D eigenvalue weighted by atomic mass is 10.1. The summed E-state index contributed by atoms with van der Waals surface area (Å²) in [5.41, 5.74) is 3.28. The van der Waals surface area contributed by atoms with Crippen LogP contribution in [-0.4, -0.2) is 26.4 Å². The van der Waals surface area contributed by atoms with Gasteiger partial charge in [0.1, 0.15) is 11.6 Å². The lowest BCUT2D eigenvalue weighted by Gasteiger charge is -2.27. The lowest BCUT2D eigenvalue weighted by molar-refractivity contribution is 0.238. The summed E-state index contributed by atoms with van der Waals surface area (Å²) in [6.07, 6.45) is 0.732. The fourth-order valence-corrected chi connectivity index (χ4v) is 3.42. The molecule has 0 radical (unpaired) electrons. The van der Waals surface area contributed by atoms with Crippen LogP contribution < -0.4 is 5.56 Å². The second kappa shape index (κ2) is 6.70. The van der Waals surface area contributed by atoms with Crippen molar-refractivity contribution in [3.63, 3.8) is 0 Å². The number of rotatable bonds is 3. The fourth-order valence-electron chi connectivity index (χ4n) is 3.29. The Morgan fingerprint density at radius 1 is 1.23 bits per heavy atom. The summed E-state index contributed by atoms with van der Waals surface area (Å²) in [5.74, 6) is 2.09. The smallest absolute Gasteiger partial charge is 0.255 e. The van der Waals surface area contributed by atoms with Gasteiger partial charge in [-0.05, 0) is 31.2 Å². The first-order valence-corrected chi connectivity index (χ1v) is 8.90. The zero-order valence-corrected chi connectivity index (χ0v) is 15.4. The van der Waals surface area contributed by atoms with Crippen molar-refractivity contribution < 1.29 is 4.42 Å². The van der Waals surface area contributed by atoms with E-state index in [-0.39, 0.29) is 5.56 Å². The van der Waals surface area contributed by atoms with Gasteiger partial charge >= 0.3 is 0 Å². The van der Waals surface area contributed by atoms with E-state index in [0.29, 0.717) is 29.8 Å². The van der Waals surface area contributed by atoms with Crippen LogP contribution in [-0.2, 0) is 19.5 Å². The summed E-state index contributed by atoms with van der Waals surface area (Å²) < 4.78 is 5.49. The first-order chi connectivity index (χ1) is 12.5. The monoisotopic (exact) mass is 370 g/mol. The van der Waals surface area contributed by atoms with Gasteiger partial charge in [0.15, 0.2) is 5.89 Å². The third kappa shape index (κ3) is 3.30. The molecule has 1 aliphatic rings. The Balaban J connectivity index is 1.59.